The summed E-state index contributed by atoms with van der Waals surface area (Å²) >= 11 is 6.14. The highest BCUT2D eigenvalue weighted by atomic mass is 35.5. The Kier molecular flexibility index (Phi) is 5.19. The van der Waals surface area contributed by atoms with Crippen LogP contribution in [-0.4, -0.2) is 16.7 Å². The molecule has 3 aromatic carbocycles. The fourth-order valence-corrected chi connectivity index (χ4v) is 3.76. The lowest BCUT2D eigenvalue weighted by Crippen LogP contribution is -2.18. The first-order valence-corrected chi connectivity index (χ1v) is 9.68. The molecule has 0 atom stereocenters. The molecule has 0 bridgehead atoms. The number of benzene rings is 3. The predicted octanol–water partition coefficient (Wildman–Crippen LogP) is 5.66. The van der Waals surface area contributed by atoms with Gasteiger partial charge in [0.25, 0.3) is 5.91 Å². The van der Waals surface area contributed by atoms with Gasteiger partial charge in [0, 0.05) is 33.2 Å². The minimum Gasteiger partial charge on any atom is -0.318 e. The lowest BCUT2D eigenvalue weighted by Gasteiger charge is -2.09. The van der Waals surface area contributed by atoms with Crippen LogP contribution in [0.15, 0.2) is 77.9 Å². The van der Waals surface area contributed by atoms with Crippen molar-refractivity contribution in [2.24, 2.45) is 5.10 Å². The number of nitrogens with zero attached hydrogens (tertiary/aromatic N) is 2. The molecule has 1 aromatic heterocycles. The summed E-state index contributed by atoms with van der Waals surface area (Å²) in [6.45, 7) is 4.04. The number of hydrogen-bond acceptors (Lipinski definition) is 2. The first kappa shape index (κ1) is 19.0. The number of halogens is 1. The Morgan fingerprint density at radius 2 is 1.76 bits per heavy atom. The summed E-state index contributed by atoms with van der Waals surface area (Å²) in [4.78, 5) is 12.6. The van der Waals surface area contributed by atoms with Gasteiger partial charge in [0.05, 0.1) is 6.21 Å². The number of hydrazone groups is 1. The molecule has 0 aliphatic carbocycles. The lowest BCUT2D eigenvalue weighted by molar-refractivity contribution is 0.0957. The van der Waals surface area contributed by atoms with Gasteiger partial charge in [-0.05, 0) is 55.0 Å². The maximum Gasteiger partial charge on any atom is 0.271 e. The van der Waals surface area contributed by atoms with Gasteiger partial charge in [0.15, 0.2) is 0 Å². The average molecular weight is 402 g/mol. The molecule has 144 valence electrons. The van der Waals surface area contributed by atoms with E-state index in [0.717, 1.165) is 33.4 Å². The van der Waals surface area contributed by atoms with Crippen LogP contribution in [0.4, 0.5) is 0 Å². The average Bonchev–Trinajstić information content (AvgIpc) is 3.00. The molecule has 4 aromatic rings. The summed E-state index contributed by atoms with van der Waals surface area (Å²) in [7, 11) is 0. The van der Waals surface area contributed by atoms with Gasteiger partial charge in [-0.15, -0.1) is 0 Å². The highest BCUT2D eigenvalue weighted by Gasteiger charge is 2.11. The fraction of sp³-hybridized carbons (Fsp3) is 0.0833. The largest absolute Gasteiger partial charge is 0.318 e. The van der Waals surface area contributed by atoms with Gasteiger partial charge in [-0.3, -0.25) is 4.79 Å². The zero-order chi connectivity index (χ0) is 20.4. The van der Waals surface area contributed by atoms with Gasteiger partial charge in [0.1, 0.15) is 0 Å². The monoisotopic (exact) mass is 401 g/mol. The van der Waals surface area contributed by atoms with E-state index in [9.17, 15) is 4.79 Å². The maximum absolute atomic E-state index is 12.6. The van der Waals surface area contributed by atoms with Gasteiger partial charge in [-0.25, -0.2) is 5.43 Å². The Balaban J connectivity index is 1.57. The topological polar surface area (TPSA) is 46.4 Å². The third kappa shape index (κ3) is 3.80. The molecule has 0 aliphatic rings. The molecule has 0 fully saturated rings. The van der Waals surface area contributed by atoms with E-state index in [-0.39, 0.29) is 5.91 Å². The molecular formula is C24H20ClN3O. The second-order valence-electron chi connectivity index (χ2n) is 6.87. The number of carbonyl (C=O) groups excluding carboxylic acids is 1. The van der Waals surface area contributed by atoms with E-state index >= 15 is 0 Å². The Bertz CT molecular complexity index is 1230. The summed E-state index contributed by atoms with van der Waals surface area (Å²) in [6, 6.07) is 23.2. The molecule has 5 heteroatoms. The first-order chi connectivity index (χ1) is 14.0. The second kappa shape index (κ2) is 7.94. The van der Waals surface area contributed by atoms with Crippen LogP contribution in [0.25, 0.3) is 16.5 Å². The van der Waals surface area contributed by atoms with E-state index in [2.05, 4.69) is 15.1 Å². The van der Waals surface area contributed by atoms with Gasteiger partial charge in [-0.2, -0.15) is 5.10 Å². The van der Waals surface area contributed by atoms with Crippen LogP contribution < -0.4 is 5.43 Å². The molecule has 0 unspecified atom stereocenters. The number of nitrogens with one attached hydrogen (secondary N) is 1. The van der Waals surface area contributed by atoms with Crippen LogP contribution in [-0.2, 0) is 0 Å². The van der Waals surface area contributed by atoms with Crippen LogP contribution in [0.2, 0.25) is 5.02 Å². The van der Waals surface area contributed by atoms with Crippen molar-refractivity contribution in [3.05, 3.63) is 100 Å². The van der Waals surface area contributed by atoms with E-state index < -0.39 is 0 Å². The Morgan fingerprint density at radius 1 is 1.00 bits per heavy atom. The quantitative estimate of drug-likeness (QED) is 0.348. The zero-order valence-electron chi connectivity index (χ0n) is 16.2. The molecule has 4 rings (SSSR count). The maximum atomic E-state index is 12.6. The molecule has 1 amide bonds. The van der Waals surface area contributed by atoms with Crippen molar-refractivity contribution in [3.63, 3.8) is 0 Å². The molecule has 0 aliphatic heterocycles. The van der Waals surface area contributed by atoms with Crippen LogP contribution in [0.5, 0.6) is 0 Å². The summed E-state index contributed by atoms with van der Waals surface area (Å²) in [5.41, 5.74) is 7.25. The van der Waals surface area contributed by atoms with Crippen molar-refractivity contribution in [1.29, 1.82) is 0 Å². The van der Waals surface area contributed by atoms with Crippen molar-refractivity contribution in [1.82, 2.24) is 9.99 Å². The molecule has 4 nitrogen and oxygen atoms in total. The normalized spacial score (nSPS) is 11.3. The minimum absolute atomic E-state index is 0.235. The highest BCUT2D eigenvalue weighted by Crippen LogP contribution is 2.22. The molecule has 0 saturated heterocycles. The third-order valence-corrected chi connectivity index (χ3v) is 5.18. The summed E-state index contributed by atoms with van der Waals surface area (Å²) in [5.74, 6) is -0.235. The molecule has 1 heterocycles. The van der Waals surface area contributed by atoms with Crippen molar-refractivity contribution >= 4 is 34.5 Å². The van der Waals surface area contributed by atoms with Crippen LogP contribution >= 0.6 is 11.6 Å². The summed E-state index contributed by atoms with van der Waals surface area (Å²) < 4.78 is 2.11. The van der Waals surface area contributed by atoms with E-state index in [1.165, 1.54) is 0 Å². The van der Waals surface area contributed by atoms with E-state index in [1.807, 2.05) is 80.6 Å². The smallest absolute Gasteiger partial charge is 0.271 e. The highest BCUT2D eigenvalue weighted by molar-refractivity contribution is 6.30. The van der Waals surface area contributed by atoms with Crippen molar-refractivity contribution in [3.8, 4) is 5.69 Å². The van der Waals surface area contributed by atoms with Crippen molar-refractivity contribution < 1.29 is 4.79 Å². The predicted molar refractivity (Wildman–Crippen MR) is 119 cm³/mol. The molecule has 1 N–H and O–H groups in total. The molecule has 0 radical (unpaired) electrons. The van der Waals surface area contributed by atoms with Crippen molar-refractivity contribution in [2.45, 2.75) is 13.8 Å². The number of rotatable bonds is 4. The summed E-state index contributed by atoms with van der Waals surface area (Å²) in [6.07, 6.45) is 1.67. The second-order valence-corrected chi connectivity index (χ2v) is 7.30. The van der Waals surface area contributed by atoms with Gasteiger partial charge in [-0.1, -0.05) is 54.1 Å². The van der Waals surface area contributed by atoms with E-state index in [0.29, 0.717) is 10.6 Å². The number of fused-ring (bicyclic) bond motifs is 1. The van der Waals surface area contributed by atoms with Crippen LogP contribution in [0.1, 0.15) is 27.3 Å². The van der Waals surface area contributed by atoms with Crippen LogP contribution in [0.3, 0.4) is 0 Å². The van der Waals surface area contributed by atoms with Gasteiger partial charge in [0.2, 0.25) is 0 Å². The first-order valence-electron chi connectivity index (χ1n) is 9.30. The number of aromatic nitrogens is 1. The molecular weight excluding hydrogens is 382 g/mol. The molecule has 29 heavy (non-hydrogen) atoms. The van der Waals surface area contributed by atoms with E-state index in [4.69, 9.17) is 11.6 Å². The van der Waals surface area contributed by atoms with Crippen LogP contribution in [0, 0.1) is 13.8 Å². The standard InChI is InChI=1S/C24H20ClN3O/c1-16-13-19(17(2)28(16)21-10-6-9-20(25)14-21)15-26-27-24(29)23-12-5-8-18-7-3-4-11-22(18)23/h3-15H,1-2H3,(H,27,29)/b26-15-. The minimum atomic E-state index is -0.235. The number of carbonyl (C=O) groups is 1. The molecule has 0 spiro atoms. The lowest BCUT2D eigenvalue weighted by atomic mass is 10.0. The number of aryl methyl sites for hydroxylation is 1. The van der Waals surface area contributed by atoms with Gasteiger partial charge >= 0.3 is 0 Å². The molecule has 0 saturated carbocycles. The third-order valence-electron chi connectivity index (χ3n) is 4.94. The summed E-state index contributed by atoms with van der Waals surface area (Å²) in [5, 5.41) is 6.80. The number of amides is 1. The SMILES string of the molecule is Cc1cc(/C=N\NC(=O)c2cccc3ccccc23)c(C)n1-c1cccc(Cl)c1. The van der Waals surface area contributed by atoms with Gasteiger partial charge < -0.3 is 4.57 Å². The Hall–Kier alpha value is -3.37. The van der Waals surface area contributed by atoms with Crippen molar-refractivity contribution in [2.75, 3.05) is 0 Å². The Morgan fingerprint density at radius 3 is 2.59 bits per heavy atom. The number of hydrogen-bond donors (Lipinski definition) is 1. The Labute approximate surface area is 174 Å². The van der Waals surface area contributed by atoms with E-state index in [1.54, 1.807) is 12.3 Å². The fourth-order valence-electron chi connectivity index (χ4n) is 3.57. The zero-order valence-corrected chi connectivity index (χ0v) is 16.9.